The minimum absolute atomic E-state index is 0. The molecule has 2 heterocycles. The van der Waals surface area contributed by atoms with Crippen LogP contribution >= 0.6 is 24.0 Å². The summed E-state index contributed by atoms with van der Waals surface area (Å²) in [6.45, 7) is 8.45. The van der Waals surface area contributed by atoms with Crippen molar-refractivity contribution in [2.24, 2.45) is 4.99 Å². The Morgan fingerprint density at radius 3 is 2.74 bits per heavy atom. The van der Waals surface area contributed by atoms with Crippen molar-refractivity contribution in [3.8, 4) is 0 Å². The van der Waals surface area contributed by atoms with E-state index in [1.54, 1.807) is 6.07 Å². The van der Waals surface area contributed by atoms with E-state index in [4.69, 9.17) is 4.74 Å². The fourth-order valence-corrected chi connectivity index (χ4v) is 3.42. The van der Waals surface area contributed by atoms with Gasteiger partial charge in [0.25, 0.3) is 0 Å². The van der Waals surface area contributed by atoms with Gasteiger partial charge >= 0.3 is 0 Å². The quantitative estimate of drug-likeness (QED) is 0.183. The molecule has 1 aliphatic heterocycles. The number of nitrogens with one attached hydrogen (secondary N) is 3. The highest BCUT2D eigenvalue weighted by molar-refractivity contribution is 14.0. The van der Waals surface area contributed by atoms with Crippen LogP contribution < -0.4 is 15.4 Å². The van der Waals surface area contributed by atoms with Crippen molar-refractivity contribution in [3.05, 3.63) is 24.5 Å². The van der Waals surface area contributed by atoms with E-state index in [-0.39, 0.29) is 35.4 Å². The minimum atomic E-state index is -3.54. The number of aromatic nitrogens is 1. The fourth-order valence-electron chi connectivity index (χ4n) is 2.44. The molecule has 0 bridgehead atoms. The van der Waals surface area contributed by atoms with Crippen molar-refractivity contribution in [1.29, 1.82) is 0 Å². The maximum absolute atomic E-state index is 12.1. The van der Waals surface area contributed by atoms with Gasteiger partial charge in [-0.2, -0.15) is 0 Å². The minimum Gasteiger partial charge on any atom is -0.379 e. The molecule has 3 N–H and O–H groups in total. The number of ether oxygens (including phenoxy) is 1. The molecule has 0 atom stereocenters. The van der Waals surface area contributed by atoms with E-state index in [1.165, 1.54) is 18.5 Å². The van der Waals surface area contributed by atoms with E-state index in [0.717, 1.165) is 45.9 Å². The van der Waals surface area contributed by atoms with Gasteiger partial charge in [0.15, 0.2) is 5.96 Å². The highest BCUT2D eigenvalue weighted by Gasteiger charge is 2.13. The van der Waals surface area contributed by atoms with Crippen LogP contribution in [0.1, 0.15) is 6.92 Å². The first-order chi connectivity index (χ1) is 12.6. The van der Waals surface area contributed by atoms with Gasteiger partial charge < -0.3 is 15.4 Å². The van der Waals surface area contributed by atoms with Crippen molar-refractivity contribution < 1.29 is 13.2 Å². The van der Waals surface area contributed by atoms with E-state index in [0.29, 0.717) is 12.5 Å². The van der Waals surface area contributed by atoms with Crippen molar-refractivity contribution in [2.45, 2.75) is 11.8 Å². The Hall–Kier alpha value is -1.02. The Morgan fingerprint density at radius 1 is 1.30 bits per heavy atom. The molecule has 11 heteroatoms. The third-order valence-electron chi connectivity index (χ3n) is 3.79. The Bertz CT molecular complexity index is 653. The second-order valence-electron chi connectivity index (χ2n) is 5.73. The topological polar surface area (TPSA) is 108 Å². The lowest BCUT2D eigenvalue weighted by Crippen LogP contribution is -2.44. The molecule has 1 aromatic heterocycles. The number of rotatable bonds is 9. The zero-order chi connectivity index (χ0) is 18.7. The van der Waals surface area contributed by atoms with E-state index in [1.807, 2.05) is 6.92 Å². The summed E-state index contributed by atoms with van der Waals surface area (Å²) in [6, 6.07) is 3.10. The molecular formula is C16H29IN6O3S. The number of hydrogen-bond donors (Lipinski definition) is 3. The van der Waals surface area contributed by atoms with Crippen molar-refractivity contribution in [1.82, 2.24) is 25.2 Å². The van der Waals surface area contributed by atoms with Crippen LogP contribution in [0.15, 0.2) is 34.4 Å². The first-order valence-corrected chi connectivity index (χ1v) is 10.3. The second kappa shape index (κ2) is 13.2. The Balaban J connectivity index is 0.00000364. The highest BCUT2D eigenvalue weighted by Crippen LogP contribution is 2.04. The molecule has 0 unspecified atom stereocenters. The maximum atomic E-state index is 12.1. The van der Waals surface area contributed by atoms with Gasteiger partial charge in [-0.1, -0.05) is 0 Å². The SMILES string of the molecule is CCNC(=NCCNS(=O)(=O)c1cccnc1)NCCN1CCOCC1.I. The van der Waals surface area contributed by atoms with Crippen LogP contribution in [0.4, 0.5) is 0 Å². The molecule has 2 rings (SSSR count). The van der Waals surface area contributed by atoms with Crippen molar-refractivity contribution >= 4 is 40.0 Å². The standard InChI is InChI=1S/C16H28N6O3S.HI/c1-2-18-16(20-8-9-22-10-12-25-13-11-22)19-6-7-21-26(23,24)15-4-3-5-17-14-15;/h3-5,14,21H,2,6-13H2,1H3,(H2,18,19,20);1H. The lowest BCUT2D eigenvalue weighted by molar-refractivity contribution is 0.0389. The van der Waals surface area contributed by atoms with E-state index in [9.17, 15) is 8.42 Å². The second-order valence-corrected chi connectivity index (χ2v) is 7.49. The number of nitrogens with zero attached hydrogens (tertiary/aromatic N) is 3. The van der Waals surface area contributed by atoms with Crippen LogP contribution in [0.2, 0.25) is 0 Å². The molecule has 1 aromatic rings. The molecule has 1 saturated heterocycles. The predicted molar refractivity (Wildman–Crippen MR) is 116 cm³/mol. The average molecular weight is 512 g/mol. The lowest BCUT2D eigenvalue weighted by atomic mass is 10.4. The Morgan fingerprint density at radius 2 is 2.07 bits per heavy atom. The van der Waals surface area contributed by atoms with Gasteiger partial charge in [0.05, 0.1) is 19.8 Å². The summed E-state index contributed by atoms with van der Waals surface area (Å²) in [5.74, 6) is 0.682. The number of morpholine rings is 1. The highest BCUT2D eigenvalue weighted by atomic mass is 127. The number of aliphatic imine (C=N–C) groups is 1. The largest absolute Gasteiger partial charge is 0.379 e. The average Bonchev–Trinajstić information content (AvgIpc) is 2.67. The van der Waals surface area contributed by atoms with Gasteiger partial charge in [-0.05, 0) is 19.1 Å². The summed E-state index contributed by atoms with van der Waals surface area (Å²) in [5.41, 5.74) is 0. The summed E-state index contributed by atoms with van der Waals surface area (Å²) in [4.78, 5) is 10.7. The maximum Gasteiger partial charge on any atom is 0.242 e. The van der Waals surface area contributed by atoms with Crippen molar-refractivity contribution in [2.75, 3.05) is 59.0 Å². The molecule has 27 heavy (non-hydrogen) atoms. The molecule has 0 aromatic carbocycles. The molecule has 0 radical (unpaired) electrons. The van der Waals surface area contributed by atoms with Gasteiger partial charge in [0.1, 0.15) is 4.90 Å². The first kappa shape index (κ1) is 24.0. The molecule has 0 amide bonds. The Labute approximate surface area is 178 Å². The molecule has 1 aliphatic rings. The van der Waals surface area contributed by atoms with Crippen LogP contribution in [-0.4, -0.2) is 83.3 Å². The van der Waals surface area contributed by atoms with E-state index >= 15 is 0 Å². The first-order valence-electron chi connectivity index (χ1n) is 8.84. The zero-order valence-electron chi connectivity index (χ0n) is 15.6. The summed E-state index contributed by atoms with van der Waals surface area (Å²) in [6.07, 6.45) is 2.86. The molecule has 0 spiro atoms. The molecule has 0 saturated carbocycles. The number of sulfonamides is 1. The van der Waals surface area contributed by atoms with Gasteiger partial charge in [-0.3, -0.25) is 14.9 Å². The van der Waals surface area contributed by atoms with Crippen LogP contribution in [0.25, 0.3) is 0 Å². The number of guanidine groups is 1. The van der Waals surface area contributed by atoms with Gasteiger partial charge in [-0.15, -0.1) is 24.0 Å². The Kier molecular flexibility index (Phi) is 11.7. The van der Waals surface area contributed by atoms with Gasteiger partial charge in [0, 0.05) is 51.7 Å². The van der Waals surface area contributed by atoms with Gasteiger partial charge in [0.2, 0.25) is 10.0 Å². The molecule has 0 aliphatic carbocycles. The normalized spacial score (nSPS) is 15.8. The predicted octanol–water partition coefficient (Wildman–Crippen LogP) is -0.135. The smallest absolute Gasteiger partial charge is 0.242 e. The number of halogens is 1. The van der Waals surface area contributed by atoms with E-state index < -0.39 is 10.0 Å². The summed E-state index contributed by atoms with van der Waals surface area (Å²) < 4.78 is 32.1. The third-order valence-corrected chi connectivity index (χ3v) is 5.23. The third kappa shape index (κ3) is 9.14. The van der Waals surface area contributed by atoms with Crippen LogP contribution in [0, 0.1) is 0 Å². The van der Waals surface area contributed by atoms with Crippen LogP contribution in [-0.2, 0) is 14.8 Å². The molecule has 1 fully saturated rings. The fraction of sp³-hybridized carbons (Fsp3) is 0.625. The van der Waals surface area contributed by atoms with Crippen LogP contribution in [0.5, 0.6) is 0 Å². The monoisotopic (exact) mass is 512 g/mol. The molecule has 154 valence electrons. The summed E-state index contributed by atoms with van der Waals surface area (Å²) in [5, 5.41) is 6.42. The van der Waals surface area contributed by atoms with Crippen molar-refractivity contribution in [3.63, 3.8) is 0 Å². The molecule has 9 nitrogen and oxygen atoms in total. The lowest BCUT2D eigenvalue weighted by Gasteiger charge is -2.26. The summed E-state index contributed by atoms with van der Waals surface area (Å²) in [7, 11) is -3.54. The molecular weight excluding hydrogens is 483 g/mol. The zero-order valence-corrected chi connectivity index (χ0v) is 18.7. The number of hydrogen-bond acceptors (Lipinski definition) is 6. The van der Waals surface area contributed by atoms with Crippen LogP contribution in [0.3, 0.4) is 0 Å². The van der Waals surface area contributed by atoms with E-state index in [2.05, 4.69) is 30.2 Å². The number of pyridine rings is 1. The van der Waals surface area contributed by atoms with Gasteiger partial charge in [-0.25, -0.2) is 13.1 Å². The summed E-state index contributed by atoms with van der Waals surface area (Å²) >= 11 is 0.